The third-order valence-corrected chi connectivity index (χ3v) is 5.74. The molecule has 0 N–H and O–H groups in total. The third-order valence-electron chi connectivity index (χ3n) is 5.74. The van der Waals surface area contributed by atoms with E-state index in [0.717, 1.165) is 11.1 Å². The number of benzene rings is 1. The lowest BCUT2D eigenvalue weighted by molar-refractivity contribution is -0.189. The Morgan fingerprint density at radius 3 is 2.63 bits per heavy atom. The van der Waals surface area contributed by atoms with Crippen LogP contribution in [0.4, 0.5) is 0 Å². The number of piperidine rings is 1. The zero-order chi connectivity index (χ0) is 18.9. The highest BCUT2D eigenvalue weighted by Gasteiger charge is 2.44. The molecule has 1 spiro atoms. The van der Waals surface area contributed by atoms with Gasteiger partial charge in [-0.15, -0.1) is 0 Å². The predicted octanol–water partition coefficient (Wildman–Crippen LogP) is 1.12. The van der Waals surface area contributed by atoms with Crippen LogP contribution in [0.15, 0.2) is 24.3 Å². The van der Waals surface area contributed by atoms with Gasteiger partial charge in [0.1, 0.15) is 6.04 Å². The Hall–Kier alpha value is -1.96. The Kier molecular flexibility index (Phi) is 5.16. The normalized spacial score (nSPS) is 24.3. The highest BCUT2D eigenvalue weighted by atomic mass is 16.7. The Balaban J connectivity index is 1.56. The van der Waals surface area contributed by atoms with E-state index in [1.807, 2.05) is 29.2 Å². The lowest BCUT2D eigenvalue weighted by Gasteiger charge is -2.42. The van der Waals surface area contributed by atoms with Gasteiger partial charge < -0.3 is 24.0 Å². The molecule has 1 unspecified atom stereocenters. The summed E-state index contributed by atoms with van der Waals surface area (Å²) in [6, 6.07) is 7.15. The van der Waals surface area contributed by atoms with Crippen LogP contribution >= 0.6 is 0 Å². The molecule has 0 aromatic heterocycles. The number of fused-ring (bicyclic) bond motifs is 1. The fourth-order valence-corrected chi connectivity index (χ4v) is 4.27. The number of methoxy groups -OCH3 is 1. The number of rotatable bonds is 4. The molecule has 2 amide bonds. The van der Waals surface area contributed by atoms with Crippen molar-refractivity contribution in [3.63, 3.8) is 0 Å². The van der Waals surface area contributed by atoms with Crippen molar-refractivity contribution in [2.75, 3.05) is 46.6 Å². The standard InChI is InChI=1S/C20H26N2O5/c1-25-11-10-22-17(23)14-15-4-2-3-5-16(15)18(22)19(24)21-8-6-20(7-9-21)26-12-13-27-20/h2-5,18H,6-14H2,1H3. The van der Waals surface area contributed by atoms with Crippen LogP contribution in [0.3, 0.4) is 0 Å². The summed E-state index contributed by atoms with van der Waals surface area (Å²) in [6.07, 6.45) is 1.66. The summed E-state index contributed by atoms with van der Waals surface area (Å²) in [6.45, 7) is 3.19. The number of carbonyl (C=O) groups is 2. The number of hydrogen-bond donors (Lipinski definition) is 0. The second kappa shape index (κ2) is 7.58. The quantitative estimate of drug-likeness (QED) is 0.790. The van der Waals surface area contributed by atoms with Crippen LogP contribution < -0.4 is 0 Å². The SMILES string of the molecule is COCCN1C(=O)Cc2ccccc2C1C(=O)N1CCC2(CC1)OCCO2. The monoisotopic (exact) mass is 374 g/mol. The number of amides is 2. The zero-order valence-corrected chi connectivity index (χ0v) is 15.7. The van der Waals surface area contributed by atoms with Crippen LogP contribution in [0.25, 0.3) is 0 Å². The molecule has 2 fully saturated rings. The maximum atomic E-state index is 13.4. The van der Waals surface area contributed by atoms with Crippen LogP contribution in [0.1, 0.15) is 30.0 Å². The molecule has 0 radical (unpaired) electrons. The van der Waals surface area contributed by atoms with E-state index in [9.17, 15) is 9.59 Å². The molecule has 1 aromatic carbocycles. The Labute approximate surface area is 159 Å². The number of nitrogens with zero attached hydrogens (tertiary/aromatic N) is 2. The highest BCUT2D eigenvalue weighted by molar-refractivity contribution is 5.92. The van der Waals surface area contributed by atoms with E-state index in [-0.39, 0.29) is 11.8 Å². The molecule has 0 saturated carbocycles. The van der Waals surface area contributed by atoms with Gasteiger partial charge in [-0.05, 0) is 11.1 Å². The van der Waals surface area contributed by atoms with Crippen molar-refractivity contribution < 1.29 is 23.8 Å². The van der Waals surface area contributed by atoms with Gasteiger partial charge in [-0.2, -0.15) is 0 Å². The van der Waals surface area contributed by atoms with Gasteiger partial charge in [0, 0.05) is 39.6 Å². The summed E-state index contributed by atoms with van der Waals surface area (Å²) in [7, 11) is 1.60. The molecular weight excluding hydrogens is 348 g/mol. The fourth-order valence-electron chi connectivity index (χ4n) is 4.27. The minimum atomic E-state index is -0.586. The van der Waals surface area contributed by atoms with E-state index < -0.39 is 11.8 Å². The van der Waals surface area contributed by atoms with Gasteiger partial charge >= 0.3 is 0 Å². The molecule has 27 heavy (non-hydrogen) atoms. The van der Waals surface area contributed by atoms with Gasteiger partial charge in [-0.3, -0.25) is 9.59 Å². The van der Waals surface area contributed by atoms with Gasteiger partial charge in [0.05, 0.1) is 26.2 Å². The summed E-state index contributed by atoms with van der Waals surface area (Å²) in [5.74, 6) is -0.577. The fraction of sp³-hybridized carbons (Fsp3) is 0.600. The minimum absolute atomic E-state index is 0.0277. The molecule has 1 aromatic rings. The summed E-state index contributed by atoms with van der Waals surface area (Å²) in [4.78, 5) is 29.7. The van der Waals surface area contributed by atoms with Crippen LogP contribution in [0.2, 0.25) is 0 Å². The van der Waals surface area contributed by atoms with Crippen LogP contribution in [-0.2, 0) is 30.2 Å². The van der Waals surface area contributed by atoms with Crippen LogP contribution in [-0.4, -0.2) is 74.0 Å². The molecule has 4 rings (SSSR count). The predicted molar refractivity (Wildman–Crippen MR) is 96.9 cm³/mol. The van der Waals surface area contributed by atoms with E-state index in [4.69, 9.17) is 14.2 Å². The molecule has 1 atom stereocenters. The van der Waals surface area contributed by atoms with Gasteiger partial charge in [0.2, 0.25) is 11.8 Å². The first-order chi connectivity index (χ1) is 13.1. The molecule has 2 saturated heterocycles. The van der Waals surface area contributed by atoms with Crippen LogP contribution in [0.5, 0.6) is 0 Å². The molecular formula is C20H26N2O5. The summed E-state index contributed by atoms with van der Waals surface area (Å²) in [5, 5.41) is 0. The number of carbonyl (C=O) groups excluding carboxylic acids is 2. The van der Waals surface area contributed by atoms with Crippen molar-refractivity contribution in [3.8, 4) is 0 Å². The second-order valence-electron chi connectivity index (χ2n) is 7.29. The van der Waals surface area contributed by atoms with Gasteiger partial charge in [0.15, 0.2) is 5.79 Å². The highest BCUT2D eigenvalue weighted by Crippen LogP contribution is 2.35. The van der Waals surface area contributed by atoms with E-state index in [0.29, 0.717) is 58.7 Å². The zero-order valence-electron chi connectivity index (χ0n) is 15.7. The number of ether oxygens (including phenoxy) is 3. The first kappa shape index (κ1) is 18.4. The Bertz CT molecular complexity index is 706. The summed E-state index contributed by atoms with van der Waals surface area (Å²) >= 11 is 0. The first-order valence-corrected chi connectivity index (χ1v) is 9.56. The van der Waals surface area contributed by atoms with Gasteiger partial charge in [0.25, 0.3) is 0 Å². The average molecular weight is 374 g/mol. The second-order valence-corrected chi connectivity index (χ2v) is 7.29. The van der Waals surface area contributed by atoms with Crippen molar-refractivity contribution in [2.45, 2.75) is 31.1 Å². The Morgan fingerprint density at radius 1 is 1.22 bits per heavy atom. The average Bonchev–Trinajstić information content (AvgIpc) is 3.14. The van der Waals surface area contributed by atoms with E-state index in [1.54, 1.807) is 12.0 Å². The molecule has 3 heterocycles. The summed E-state index contributed by atoms with van der Waals surface area (Å²) < 4.78 is 16.7. The van der Waals surface area contributed by atoms with Crippen molar-refractivity contribution >= 4 is 11.8 Å². The van der Waals surface area contributed by atoms with Gasteiger partial charge in [-0.25, -0.2) is 0 Å². The lowest BCUT2D eigenvalue weighted by atomic mass is 9.90. The largest absolute Gasteiger partial charge is 0.383 e. The molecule has 7 heteroatoms. The number of hydrogen-bond acceptors (Lipinski definition) is 5. The van der Waals surface area contributed by atoms with E-state index in [2.05, 4.69) is 0 Å². The number of likely N-dealkylation sites (tertiary alicyclic amines) is 1. The van der Waals surface area contributed by atoms with E-state index in [1.165, 1.54) is 0 Å². The van der Waals surface area contributed by atoms with Gasteiger partial charge in [-0.1, -0.05) is 24.3 Å². The van der Waals surface area contributed by atoms with E-state index >= 15 is 0 Å². The Morgan fingerprint density at radius 2 is 1.93 bits per heavy atom. The first-order valence-electron chi connectivity index (χ1n) is 9.56. The maximum Gasteiger partial charge on any atom is 0.250 e. The van der Waals surface area contributed by atoms with Crippen molar-refractivity contribution in [1.82, 2.24) is 9.80 Å². The smallest absolute Gasteiger partial charge is 0.250 e. The topological polar surface area (TPSA) is 68.3 Å². The molecule has 3 aliphatic heterocycles. The maximum absolute atomic E-state index is 13.4. The molecule has 146 valence electrons. The minimum Gasteiger partial charge on any atom is -0.383 e. The van der Waals surface area contributed by atoms with Crippen molar-refractivity contribution in [3.05, 3.63) is 35.4 Å². The molecule has 7 nitrogen and oxygen atoms in total. The molecule has 3 aliphatic rings. The van der Waals surface area contributed by atoms with Crippen LogP contribution in [0, 0.1) is 0 Å². The molecule has 0 bridgehead atoms. The molecule has 0 aliphatic carbocycles. The lowest BCUT2D eigenvalue weighted by Crippen LogP contribution is -2.53. The van der Waals surface area contributed by atoms with Crippen molar-refractivity contribution in [2.24, 2.45) is 0 Å². The van der Waals surface area contributed by atoms with Crippen molar-refractivity contribution in [1.29, 1.82) is 0 Å². The third kappa shape index (κ3) is 3.47. The summed E-state index contributed by atoms with van der Waals surface area (Å²) in [5.41, 5.74) is 1.86.